The fourth-order valence-corrected chi connectivity index (χ4v) is 16.3. The van der Waals surface area contributed by atoms with Crippen LogP contribution in [0, 0.1) is 0 Å². The van der Waals surface area contributed by atoms with Gasteiger partial charge in [0.05, 0.1) is 42.3 Å². The monoisotopic (exact) mass is 1210 g/mol. The molecule has 23 nitrogen and oxygen atoms in total. The number of nitrogens with one attached hydrogen (secondary N) is 4. The van der Waals surface area contributed by atoms with Crippen molar-refractivity contribution in [2.75, 3.05) is 61.4 Å². The van der Waals surface area contributed by atoms with Crippen LogP contribution >= 0.6 is 0 Å². The summed E-state index contributed by atoms with van der Waals surface area (Å²) in [6.07, 6.45) is 7.60. The van der Waals surface area contributed by atoms with E-state index in [9.17, 15) is 72.6 Å². The number of nitrogens with zero attached hydrogens (tertiary/aromatic N) is 2. The van der Waals surface area contributed by atoms with Gasteiger partial charge in [-0.05, 0) is 79.1 Å². The van der Waals surface area contributed by atoms with Gasteiger partial charge >= 0.3 is 0 Å². The first-order chi connectivity index (χ1) is 35.4. The van der Waals surface area contributed by atoms with Crippen LogP contribution in [0.25, 0.3) is 21.5 Å². The predicted molar refractivity (Wildman–Crippen MR) is 294 cm³/mol. The van der Waals surface area contributed by atoms with Gasteiger partial charge in [0.2, 0.25) is 45.8 Å². The van der Waals surface area contributed by atoms with Crippen molar-refractivity contribution in [1.82, 2.24) is 18.9 Å². The van der Waals surface area contributed by atoms with E-state index in [-0.39, 0.29) is 52.5 Å². The first-order valence-electron chi connectivity index (χ1n) is 24.3. The van der Waals surface area contributed by atoms with E-state index in [2.05, 4.69) is 18.9 Å². The zero-order valence-corrected chi connectivity index (χ0v) is 49.1. The first kappa shape index (κ1) is 61.9. The molecule has 0 saturated carbocycles. The summed E-state index contributed by atoms with van der Waals surface area (Å²) in [5, 5.41) is 0.664. The van der Waals surface area contributed by atoms with Crippen molar-refractivity contribution in [3.8, 4) is 0 Å². The molecule has 0 atom stereocenters. The van der Waals surface area contributed by atoms with Crippen LogP contribution in [0.4, 0.5) is 11.4 Å². The summed E-state index contributed by atoms with van der Waals surface area (Å²) in [6, 6.07) is 10.9. The molecule has 0 unspecified atom stereocenters. The second-order valence-electron chi connectivity index (χ2n) is 19.5. The Labute approximate surface area is 451 Å². The highest BCUT2D eigenvalue weighted by Gasteiger charge is 2.47. The fraction of sp³-hybridized carbons (Fsp3) is 0.468. The summed E-state index contributed by atoms with van der Waals surface area (Å²) in [4.78, 5) is 0.247. The molecule has 2 aliphatic heterocycles. The lowest BCUT2D eigenvalue weighted by Gasteiger charge is -2.27. The Hall–Kier alpha value is -4.28. The van der Waals surface area contributed by atoms with Gasteiger partial charge in [0.1, 0.15) is 6.54 Å². The molecule has 426 valence electrons. The molecule has 0 amide bonds. The molecule has 4 aromatic carbocycles. The van der Waals surface area contributed by atoms with E-state index < -0.39 is 126 Å². The molecule has 0 fully saturated rings. The smallest absolute Gasteiger partial charge is 0.266 e. The molecular formula is C47H65N6O17S7+. The van der Waals surface area contributed by atoms with Crippen LogP contribution in [0.2, 0.25) is 0 Å². The zero-order valence-electron chi connectivity index (χ0n) is 43.4. The summed E-state index contributed by atoms with van der Waals surface area (Å²) in [5.74, 6) is -2.56. The second-order valence-corrected chi connectivity index (χ2v) is 31.2. The lowest BCUT2D eigenvalue weighted by Crippen LogP contribution is -2.30. The van der Waals surface area contributed by atoms with E-state index in [1.807, 2.05) is 31.7 Å². The molecule has 0 bridgehead atoms. The number of allylic oxidation sites excluding steroid dienone is 4. The van der Waals surface area contributed by atoms with Crippen molar-refractivity contribution >= 4 is 109 Å². The van der Waals surface area contributed by atoms with Crippen molar-refractivity contribution in [3.05, 3.63) is 83.6 Å². The molecule has 2 aliphatic rings. The molecule has 7 N–H and O–H groups in total. The molecular weight excluding hydrogens is 1150 g/mol. The number of unbranched alkanes of at least 4 members (excludes halogenated alkanes) is 2. The summed E-state index contributed by atoms with van der Waals surface area (Å²) < 4.78 is 220. The van der Waals surface area contributed by atoms with Gasteiger partial charge in [0, 0.05) is 84.4 Å². The van der Waals surface area contributed by atoms with Gasteiger partial charge in [-0.2, -0.15) is 29.8 Å². The van der Waals surface area contributed by atoms with Crippen molar-refractivity contribution < 1.29 is 77.2 Å². The molecule has 0 saturated heterocycles. The maximum atomic E-state index is 14.0. The Morgan fingerprint density at radius 2 is 1.03 bits per heavy atom. The summed E-state index contributed by atoms with van der Waals surface area (Å²) in [6.45, 7) is 11.3. The van der Waals surface area contributed by atoms with Gasteiger partial charge in [-0.3, -0.25) is 13.7 Å². The average Bonchev–Trinajstić information content (AvgIpc) is 3.64. The zero-order chi connectivity index (χ0) is 57.5. The second kappa shape index (κ2) is 22.7. The van der Waals surface area contributed by atoms with Gasteiger partial charge in [-0.15, -0.1) is 0 Å². The normalized spacial score (nSPS) is 16.9. The fourth-order valence-electron chi connectivity index (χ4n) is 9.98. The molecule has 4 aromatic rings. The third-order valence-electron chi connectivity index (χ3n) is 13.2. The van der Waals surface area contributed by atoms with Gasteiger partial charge in [-0.1, -0.05) is 59.6 Å². The van der Waals surface area contributed by atoms with Gasteiger partial charge in [-0.25, -0.2) is 52.6 Å². The highest BCUT2D eigenvalue weighted by atomic mass is 32.2. The number of rotatable bonds is 26. The molecule has 30 heteroatoms. The molecule has 2 heterocycles. The quantitative estimate of drug-likeness (QED) is 0.0265. The van der Waals surface area contributed by atoms with Crippen LogP contribution in [0.1, 0.15) is 85.3 Å². The Balaban J connectivity index is 1.59. The maximum Gasteiger partial charge on any atom is 0.266 e. The number of sulfonamides is 4. The topological polar surface area (TPSA) is 354 Å². The summed E-state index contributed by atoms with van der Waals surface area (Å²) >= 11 is 0. The van der Waals surface area contributed by atoms with Crippen molar-refractivity contribution in [3.63, 3.8) is 0 Å². The van der Waals surface area contributed by atoms with Crippen molar-refractivity contribution in [2.24, 2.45) is 0 Å². The number of fused-ring (bicyclic) bond motifs is 6. The predicted octanol–water partition coefficient (Wildman–Crippen LogP) is 4.00. The van der Waals surface area contributed by atoms with Crippen LogP contribution < -0.4 is 23.8 Å². The molecule has 0 radical (unpaired) electrons. The van der Waals surface area contributed by atoms with Gasteiger partial charge < -0.3 is 4.90 Å². The third-order valence-corrected chi connectivity index (χ3v) is 21.5. The van der Waals surface area contributed by atoms with Crippen LogP contribution in [0.15, 0.2) is 92.0 Å². The molecule has 0 spiro atoms. The Morgan fingerprint density at radius 1 is 0.545 bits per heavy atom. The van der Waals surface area contributed by atoms with Crippen LogP contribution in [-0.2, 0) is 81.3 Å². The highest BCUT2D eigenvalue weighted by Crippen LogP contribution is 2.52. The Morgan fingerprint density at radius 3 is 1.55 bits per heavy atom. The highest BCUT2D eigenvalue weighted by molar-refractivity contribution is 7.91. The van der Waals surface area contributed by atoms with Crippen molar-refractivity contribution in [1.29, 1.82) is 0 Å². The van der Waals surface area contributed by atoms with Gasteiger partial charge in [0.25, 0.3) is 30.4 Å². The average molecular weight is 1210 g/mol. The van der Waals surface area contributed by atoms with Crippen LogP contribution in [0.5, 0.6) is 0 Å². The SMILES string of the molecule is CCCCCN1C(=CC=CC2=[N+](CCCS(=O)(=O)O)c3ccc4c(S(=O)(=O)NCCS(=O)(=O)O)cc(S(=O)(=O)NCC)cc4c3C2(C)C)C(C)(C)c2c1ccc1c(S(=O)(=O)NCC)cc(S(=O)(=O)NCCS(=O)(=O)O)cc21. The third kappa shape index (κ3) is 13.7. The standard InChI is InChI=1S/C47H64N6O17S7/c1-8-11-12-23-52-38-19-17-34-37(29-33(31-40(34)76(67,68)49-10-3)75(65,66)50-21-26-72(57,58)59)44(38)46(4,5)42(52)15-13-16-43-47(6,7)45-36-28-32(74(63,64)48-9-2)30-41(77(69,70)51-22-27-73(60,61)62)35(36)18-20-39(45)53(43)24-14-25-71(54,55)56/h13,15-20,28-31,48-51H,8-12,14,21-27H2,1-7H3,(H2-,54,55,56,57,58,59,60,61,62)/p+1. The Bertz CT molecular complexity index is 3930. The number of hydrogen-bond donors (Lipinski definition) is 7. The molecule has 6 rings (SSSR count). The van der Waals surface area contributed by atoms with E-state index in [1.54, 1.807) is 55.7 Å². The van der Waals surface area contributed by atoms with E-state index in [1.165, 1.54) is 25.1 Å². The molecule has 0 aromatic heterocycles. The van der Waals surface area contributed by atoms with E-state index >= 15 is 0 Å². The van der Waals surface area contributed by atoms with E-state index in [4.69, 9.17) is 0 Å². The molecule has 0 aliphatic carbocycles. The minimum Gasteiger partial charge on any atom is -0.344 e. The number of hydrogen-bond acceptors (Lipinski definition) is 15. The van der Waals surface area contributed by atoms with Gasteiger partial charge in [0.15, 0.2) is 5.71 Å². The number of anilines is 1. The Kier molecular flexibility index (Phi) is 18.3. The summed E-state index contributed by atoms with van der Waals surface area (Å²) in [7, 11) is -31.6. The lowest BCUT2D eigenvalue weighted by molar-refractivity contribution is -0.437. The van der Waals surface area contributed by atoms with E-state index in [0.29, 0.717) is 46.9 Å². The largest absolute Gasteiger partial charge is 0.344 e. The summed E-state index contributed by atoms with van der Waals surface area (Å²) in [5.41, 5.74) is 1.13. The first-order valence-corrected chi connectivity index (χ1v) is 35.1. The van der Waals surface area contributed by atoms with E-state index in [0.717, 1.165) is 25.0 Å². The lowest BCUT2D eigenvalue weighted by atomic mass is 9.78. The minimum absolute atomic E-state index is 0.0181. The van der Waals surface area contributed by atoms with Crippen LogP contribution in [0.3, 0.4) is 0 Å². The maximum absolute atomic E-state index is 14.0. The van der Waals surface area contributed by atoms with Crippen molar-refractivity contribution in [2.45, 2.75) is 105 Å². The number of benzene rings is 4. The minimum atomic E-state index is -4.69. The molecule has 77 heavy (non-hydrogen) atoms. The van der Waals surface area contributed by atoms with Crippen LogP contribution in [-0.4, -0.2) is 139 Å².